The molecule has 0 aliphatic rings. The summed E-state index contributed by atoms with van der Waals surface area (Å²) in [7, 11) is 0. The number of carboxylic acid groups (broad SMARTS) is 1. The average Bonchev–Trinajstić information content (AvgIpc) is 2.28. The molecule has 1 atom stereocenters. The molecule has 1 amide bonds. The lowest BCUT2D eigenvalue weighted by Gasteiger charge is -2.19. The molecule has 0 spiro atoms. The zero-order chi connectivity index (χ0) is 13.5. The molecular formula is C12H13FNO4-. The molecule has 1 rings (SSSR count). The van der Waals surface area contributed by atoms with Crippen LogP contribution in [0.4, 0.5) is 9.18 Å². The second kappa shape index (κ2) is 6.58. The largest absolute Gasteiger partial charge is 0.550 e. The summed E-state index contributed by atoms with van der Waals surface area (Å²) in [6, 6.07) is 4.36. The molecule has 0 aliphatic carbocycles. The highest BCUT2D eigenvalue weighted by molar-refractivity contribution is 5.70. The molecule has 0 bridgehead atoms. The van der Waals surface area contributed by atoms with Crippen LogP contribution in [0, 0.1) is 5.82 Å². The maximum absolute atomic E-state index is 12.8. The standard InChI is InChI=1S/C12H14FNO4/c1-2-18-12(17)14-10(7-11(15)16)8-3-5-9(13)6-4-8/h3-6,10H,2,7H2,1H3,(H,14,17)(H,15,16)/p-1/t10-/m0/s1. The molecule has 18 heavy (non-hydrogen) atoms. The third kappa shape index (κ3) is 4.40. The quantitative estimate of drug-likeness (QED) is 0.841. The number of alkyl carbamates (subject to hydrolysis) is 1. The van der Waals surface area contributed by atoms with Gasteiger partial charge in [-0.25, -0.2) is 9.18 Å². The van der Waals surface area contributed by atoms with Crippen molar-refractivity contribution in [2.45, 2.75) is 19.4 Å². The molecule has 6 heteroatoms. The van der Waals surface area contributed by atoms with Crippen molar-refractivity contribution in [1.29, 1.82) is 0 Å². The average molecular weight is 254 g/mol. The third-order valence-corrected chi connectivity index (χ3v) is 2.21. The van der Waals surface area contributed by atoms with E-state index in [4.69, 9.17) is 0 Å². The van der Waals surface area contributed by atoms with Crippen LogP contribution in [0.5, 0.6) is 0 Å². The minimum atomic E-state index is -1.32. The van der Waals surface area contributed by atoms with Crippen molar-refractivity contribution in [1.82, 2.24) is 5.32 Å². The van der Waals surface area contributed by atoms with Gasteiger partial charge in [0.2, 0.25) is 0 Å². The van der Waals surface area contributed by atoms with E-state index >= 15 is 0 Å². The number of rotatable bonds is 5. The van der Waals surface area contributed by atoms with Gasteiger partial charge in [-0.2, -0.15) is 0 Å². The molecule has 1 N–H and O–H groups in total. The van der Waals surface area contributed by atoms with Crippen LogP contribution >= 0.6 is 0 Å². The van der Waals surface area contributed by atoms with Gasteiger partial charge in [-0.15, -0.1) is 0 Å². The van der Waals surface area contributed by atoms with Crippen LogP contribution < -0.4 is 10.4 Å². The van der Waals surface area contributed by atoms with Crippen LogP contribution in [0.2, 0.25) is 0 Å². The SMILES string of the molecule is CCOC(=O)N[C@@H](CC(=O)[O-])c1ccc(F)cc1. The van der Waals surface area contributed by atoms with Gasteiger partial charge in [0, 0.05) is 12.4 Å². The van der Waals surface area contributed by atoms with Gasteiger partial charge in [0.1, 0.15) is 5.82 Å². The van der Waals surface area contributed by atoms with Crippen LogP contribution in [0.3, 0.4) is 0 Å². The second-order valence-corrected chi connectivity index (χ2v) is 3.55. The number of benzene rings is 1. The van der Waals surface area contributed by atoms with Crippen molar-refractivity contribution in [2.75, 3.05) is 6.61 Å². The molecule has 0 aliphatic heterocycles. The fourth-order valence-electron chi connectivity index (χ4n) is 1.43. The number of aliphatic carboxylic acids is 1. The Kier molecular flexibility index (Phi) is 5.10. The maximum atomic E-state index is 12.8. The van der Waals surface area contributed by atoms with E-state index in [1.807, 2.05) is 0 Å². The van der Waals surface area contributed by atoms with Crippen molar-refractivity contribution in [3.8, 4) is 0 Å². The maximum Gasteiger partial charge on any atom is 0.407 e. The minimum absolute atomic E-state index is 0.174. The molecular weight excluding hydrogens is 241 g/mol. The van der Waals surface area contributed by atoms with Gasteiger partial charge >= 0.3 is 6.09 Å². The van der Waals surface area contributed by atoms with Gasteiger partial charge in [0.25, 0.3) is 0 Å². The molecule has 0 radical (unpaired) electrons. The Bertz CT molecular complexity index is 419. The van der Waals surface area contributed by atoms with Gasteiger partial charge in [-0.05, 0) is 24.6 Å². The molecule has 5 nitrogen and oxygen atoms in total. The lowest BCUT2D eigenvalue weighted by molar-refractivity contribution is -0.306. The Balaban J connectivity index is 2.80. The topological polar surface area (TPSA) is 78.5 Å². The molecule has 0 fully saturated rings. The van der Waals surface area contributed by atoms with Gasteiger partial charge in [-0.1, -0.05) is 12.1 Å². The third-order valence-electron chi connectivity index (χ3n) is 2.21. The molecule has 0 heterocycles. The summed E-state index contributed by atoms with van der Waals surface area (Å²) in [6.45, 7) is 1.80. The lowest BCUT2D eigenvalue weighted by Crippen LogP contribution is -2.34. The van der Waals surface area contributed by atoms with Crippen LogP contribution in [0.25, 0.3) is 0 Å². The van der Waals surface area contributed by atoms with Crippen LogP contribution in [0.1, 0.15) is 24.9 Å². The summed E-state index contributed by atoms with van der Waals surface area (Å²) in [6.07, 6.45) is -1.14. The van der Waals surface area contributed by atoms with Gasteiger partial charge < -0.3 is 20.0 Å². The fourth-order valence-corrected chi connectivity index (χ4v) is 1.43. The first-order valence-electron chi connectivity index (χ1n) is 5.41. The Morgan fingerprint density at radius 2 is 2.00 bits per heavy atom. The minimum Gasteiger partial charge on any atom is -0.550 e. The lowest BCUT2D eigenvalue weighted by atomic mass is 10.0. The number of hydrogen-bond donors (Lipinski definition) is 1. The molecule has 0 saturated carbocycles. The zero-order valence-electron chi connectivity index (χ0n) is 9.81. The highest BCUT2D eigenvalue weighted by atomic mass is 19.1. The Hall–Kier alpha value is -2.11. The van der Waals surface area contributed by atoms with Crippen LogP contribution in [-0.2, 0) is 9.53 Å². The molecule has 0 aromatic heterocycles. The van der Waals surface area contributed by atoms with Crippen LogP contribution in [0.15, 0.2) is 24.3 Å². The Morgan fingerprint density at radius 1 is 1.39 bits per heavy atom. The zero-order valence-corrected chi connectivity index (χ0v) is 9.81. The fraction of sp³-hybridized carbons (Fsp3) is 0.333. The van der Waals surface area contributed by atoms with Gasteiger partial charge in [-0.3, -0.25) is 0 Å². The number of carbonyl (C=O) groups is 2. The van der Waals surface area contributed by atoms with E-state index in [-0.39, 0.29) is 6.61 Å². The highest BCUT2D eigenvalue weighted by Crippen LogP contribution is 2.17. The van der Waals surface area contributed by atoms with Crippen molar-refractivity contribution in [3.05, 3.63) is 35.6 Å². The Labute approximate surface area is 104 Å². The number of halogens is 1. The van der Waals surface area contributed by atoms with E-state index in [2.05, 4.69) is 10.1 Å². The van der Waals surface area contributed by atoms with E-state index in [0.29, 0.717) is 5.56 Å². The summed E-state index contributed by atoms with van der Waals surface area (Å²) in [5.74, 6) is -1.76. The second-order valence-electron chi connectivity index (χ2n) is 3.55. The van der Waals surface area contributed by atoms with Gasteiger partial charge in [0.05, 0.1) is 12.6 Å². The summed E-state index contributed by atoms with van der Waals surface area (Å²) in [4.78, 5) is 21.9. The molecule has 1 aromatic carbocycles. The van der Waals surface area contributed by atoms with Gasteiger partial charge in [0.15, 0.2) is 0 Å². The molecule has 1 aromatic rings. The first kappa shape index (κ1) is 14.0. The molecule has 0 unspecified atom stereocenters. The van der Waals surface area contributed by atoms with E-state index < -0.39 is 30.3 Å². The number of ether oxygens (including phenoxy) is 1. The predicted octanol–water partition coefficient (Wildman–Crippen LogP) is 0.753. The van der Waals surface area contributed by atoms with E-state index in [1.165, 1.54) is 24.3 Å². The van der Waals surface area contributed by atoms with E-state index in [1.54, 1.807) is 6.92 Å². The predicted molar refractivity (Wildman–Crippen MR) is 58.9 cm³/mol. The summed E-state index contributed by atoms with van der Waals surface area (Å²) >= 11 is 0. The van der Waals surface area contributed by atoms with E-state index in [9.17, 15) is 19.1 Å². The first-order valence-corrected chi connectivity index (χ1v) is 5.41. The summed E-state index contributed by atoms with van der Waals surface area (Å²) in [5, 5.41) is 13.0. The molecule has 0 saturated heterocycles. The number of hydrogen-bond acceptors (Lipinski definition) is 4. The van der Waals surface area contributed by atoms with Crippen molar-refractivity contribution < 1.29 is 23.8 Å². The van der Waals surface area contributed by atoms with Crippen LogP contribution in [-0.4, -0.2) is 18.7 Å². The number of carbonyl (C=O) groups excluding carboxylic acids is 2. The number of amides is 1. The first-order chi connectivity index (χ1) is 8.52. The number of nitrogens with one attached hydrogen (secondary N) is 1. The van der Waals surface area contributed by atoms with E-state index in [0.717, 1.165) is 0 Å². The highest BCUT2D eigenvalue weighted by Gasteiger charge is 2.15. The smallest absolute Gasteiger partial charge is 0.407 e. The van der Waals surface area contributed by atoms with Crippen molar-refractivity contribution in [3.63, 3.8) is 0 Å². The van der Waals surface area contributed by atoms with Crippen molar-refractivity contribution >= 4 is 12.1 Å². The summed E-state index contributed by atoms with van der Waals surface area (Å²) in [5.41, 5.74) is 0.466. The van der Waals surface area contributed by atoms with Crippen molar-refractivity contribution in [2.24, 2.45) is 0 Å². The number of carboxylic acids is 1. The Morgan fingerprint density at radius 3 is 2.50 bits per heavy atom. The monoisotopic (exact) mass is 254 g/mol. The summed E-state index contributed by atoms with van der Waals surface area (Å²) < 4.78 is 17.4. The molecule has 98 valence electrons. The normalized spacial score (nSPS) is 11.7.